The van der Waals surface area contributed by atoms with Gasteiger partial charge < -0.3 is 10.1 Å². The molecule has 0 bridgehead atoms. The second kappa shape index (κ2) is 7.09. The second-order valence-electron chi connectivity index (χ2n) is 4.45. The number of aromatic nitrogens is 1. The van der Waals surface area contributed by atoms with Gasteiger partial charge in [0, 0.05) is 18.1 Å². The van der Waals surface area contributed by atoms with E-state index in [2.05, 4.69) is 33.2 Å². The van der Waals surface area contributed by atoms with E-state index in [4.69, 9.17) is 16.3 Å². The molecule has 1 aromatic heterocycles. The summed E-state index contributed by atoms with van der Waals surface area (Å²) in [7, 11) is 0. The number of rotatable bonds is 5. The van der Waals surface area contributed by atoms with E-state index in [1.807, 2.05) is 6.07 Å². The number of hydrogen-bond donors (Lipinski definition) is 1. The lowest BCUT2D eigenvalue weighted by Crippen LogP contribution is -2.11. The van der Waals surface area contributed by atoms with Crippen LogP contribution in [0.15, 0.2) is 22.8 Å². The second-order valence-corrected chi connectivity index (χ2v) is 5.65. The fraction of sp³-hybridized carbons (Fsp3) is 0.333. The minimum atomic E-state index is -0.378. The van der Waals surface area contributed by atoms with E-state index in [1.54, 1.807) is 13.0 Å². The Hall–Kier alpha value is -1.33. The number of esters is 1. The molecule has 1 N–H and O–H groups in total. The van der Waals surface area contributed by atoms with Gasteiger partial charge in [-0.3, -0.25) is 4.98 Å². The lowest BCUT2D eigenvalue weighted by Gasteiger charge is -2.14. The first-order chi connectivity index (χ1) is 10.1. The van der Waals surface area contributed by atoms with E-state index in [9.17, 15) is 4.79 Å². The Morgan fingerprint density at radius 3 is 2.86 bits per heavy atom. The molecule has 0 amide bonds. The maximum absolute atomic E-state index is 12.1. The van der Waals surface area contributed by atoms with E-state index < -0.39 is 0 Å². The average Bonchev–Trinajstić information content (AvgIpc) is 2.48. The first-order valence-electron chi connectivity index (χ1n) is 6.77. The maximum atomic E-state index is 12.1. The molecule has 0 unspecified atom stereocenters. The number of pyridine rings is 1. The molecule has 6 heteroatoms. The number of carbonyl (C=O) groups is 1. The summed E-state index contributed by atoms with van der Waals surface area (Å²) in [4.78, 5) is 16.4. The van der Waals surface area contributed by atoms with Crippen LogP contribution in [0.1, 0.15) is 30.6 Å². The first kappa shape index (κ1) is 16.0. The molecule has 0 atom stereocenters. The van der Waals surface area contributed by atoms with Crippen LogP contribution < -0.4 is 5.32 Å². The van der Waals surface area contributed by atoms with Gasteiger partial charge in [0.2, 0.25) is 0 Å². The molecule has 2 aromatic rings. The highest BCUT2D eigenvalue weighted by Gasteiger charge is 2.18. The zero-order valence-corrected chi connectivity index (χ0v) is 14.2. The number of anilines is 1. The SMILES string of the molecule is CCCNc1c(C(=O)OCC)cnc2c(Br)c(Cl)ccc12. The molecule has 1 aromatic carbocycles. The average molecular weight is 372 g/mol. The van der Waals surface area contributed by atoms with Gasteiger partial charge in [-0.1, -0.05) is 18.5 Å². The van der Waals surface area contributed by atoms with Crippen molar-refractivity contribution in [3.63, 3.8) is 0 Å². The normalized spacial score (nSPS) is 10.7. The van der Waals surface area contributed by atoms with Crippen LogP contribution >= 0.6 is 27.5 Å². The van der Waals surface area contributed by atoms with Crippen molar-refractivity contribution in [2.24, 2.45) is 0 Å². The van der Waals surface area contributed by atoms with Gasteiger partial charge in [0.15, 0.2) is 0 Å². The fourth-order valence-electron chi connectivity index (χ4n) is 2.01. The highest BCUT2D eigenvalue weighted by molar-refractivity contribution is 9.10. The molecular weight excluding hydrogens is 356 g/mol. The monoisotopic (exact) mass is 370 g/mol. The Bertz CT molecular complexity index is 676. The molecule has 2 rings (SSSR count). The van der Waals surface area contributed by atoms with Crippen LogP contribution in [0, 0.1) is 0 Å². The summed E-state index contributed by atoms with van der Waals surface area (Å²) in [5.74, 6) is -0.378. The lowest BCUT2D eigenvalue weighted by molar-refractivity contribution is 0.0527. The predicted octanol–water partition coefficient (Wildman–Crippen LogP) is 4.65. The summed E-state index contributed by atoms with van der Waals surface area (Å²) in [6.45, 7) is 4.93. The summed E-state index contributed by atoms with van der Waals surface area (Å²) in [6.07, 6.45) is 2.47. The maximum Gasteiger partial charge on any atom is 0.341 e. The standard InChI is InChI=1S/C15H16BrClN2O2/c1-3-7-18-13-9-5-6-11(17)12(16)14(9)19-8-10(13)15(20)21-4-2/h5-6,8H,3-4,7H2,1-2H3,(H,18,19). The van der Waals surface area contributed by atoms with E-state index in [1.165, 1.54) is 6.20 Å². The third kappa shape index (κ3) is 3.30. The van der Waals surface area contributed by atoms with Crippen molar-refractivity contribution in [3.05, 3.63) is 33.4 Å². The zero-order valence-electron chi connectivity index (χ0n) is 11.9. The summed E-state index contributed by atoms with van der Waals surface area (Å²) < 4.78 is 5.81. The van der Waals surface area contributed by atoms with Crippen molar-refractivity contribution in [2.45, 2.75) is 20.3 Å². The molecule has 0 saturated carbocycles. The molecule has 0 spiro atoms. The van der Waals surface area contributed by atoms with Gasteiger partial charge in [-0.15, -0.1) is 0 Å². The third-order valence-corrected chi connectivity index (χ3v) is 4.32. The Labute approximate surface area is 137 Å². The summed E-state index contributed by atoms with van der Waals surface area (Å²) >= 11 is 9.53. The summed E-state index contributed by atoms with van der Waals surface area (Å²) in [6, 6.07) is 3.64. The van der Waals surface area contributed by atoms with Crippen LogP contribution in [0.2, 0.25) is 5.02 Å². The third-order valence-electron chi connectivity index (χ3n) is 2.98. The van der Waals surface area contributed by atoms with Gasteiger partial charge in [-0.05, 0) is 41.4 Å². The molecule has 0 aliphatic heterocycles. The number of carbonyl (C=O) groups excluding carboxylic acids is 1. The molecule has 112 valence electrons. The Kier molecular flexibility index (Phi) is 5.42. The number of ether oxygens (including phenoxy) is 1. The molecule has 0 aliphatic carbocycles. The van der Waals surface area contributed by atoms with E-state index in [0.717, 1.165) is 28.5 Å². The van der Waals surface area contributed by atoms with Crippen LogP contribution in [-0.2, 0) is 4.74 Å². The van der Waals surface area contributed by atoms with Gasteiger partial charge >= 0.3 is 5.97 Å². The predicted molar refractivity (Wildman–Crippen MR) is 89.2 cm³/mol. The van der Waals surface area contributed by atoms with Crippen molar-refractivity contribution in [1.29, 1.82) is 0 Å². The smallest absolute Gasteiger partial charge is 0.341 e. The van der Waals surface area contributed by atoms with Crippen molar-refractivity contribution in [3.8, 4) is 0 Å². The van der Waals surface area contributed by atoms with Crippen LogP contribution in [0.3, 0.4) is 0 Å². The number of benzene rings is 1. The molecule has 0 fully saturated rings. The Morgan fingerprint density at radius 2 is 2.19 bits per heavy atom. The largest absolute Gasteiger partial charge is 0.462 e. The molecule has 0 aliphatic rings. The van der Waals surface area contributed by atoms with Crippen LogP contribution in [0.4, 0.5) is 5.69 Å². The number of fused-ring (bicyclic) bond motifs is 1. The molecule has 1 heterocycles. The topological polar surface area (TPSA) is 51.2 Å². The van der Waals surface area contributed by atoms with E-state index in [-0.39, 0.29) is 5.97 Å². The van der Waals surface area contributed by atoms with Crippen LogP contribution in [-0.4, -0.2) is 24.1 Å². The van der Waals surface area contributed by atoms with E-state index in [0.29, 0.717) is 22.7 Å². The van der Waals surface area contributed by atoms with Gasteiger partial charge in [-0.2, -0.15) is 0 Å². The molecule has 21 heavy (non-hydrogen) atoms. The Balaban J connectivity index is 2.64. The van der Waals surface area contributed by atoms with Crippen molar-refractivity contribution in [1.82, 2.24) is 4.98 Å². The summed E-state index contributed by atoms with van der Waals surface area (Å²) in [5.41, 5.74) is 1.89. The van der Waals surface area contributed by atoms with E-state index >= 15 is 0 Å². The quantitative estimate of drug-likeness (QED) is 0.777. The summed E-state index contributed by atoms with van der Waals surface area (Å²) in [5, 5.41) is 4.71. The highest BCUT2D eigenvalue weighted by atomic mass is 79.9. The fourth-order valence-corrected chi connectivity index (χ4v) is 2.61. The highest BCUT2D eigenvalue weighted by Crippen LogP contribution is 2.35. The molecule has 0 saturated heterocycles. The lowest BCUT2D eigenvalue weighted by atomic mass is 10.1. The first-order valence-corrected chi connectivity index (χ1v) is 7.94. The Morgan fingerprint density at radius 1 is 1.43 bits per heavy atom. The van der Waals surface area contributed by atoms with Gasteiger partial charge in [-0.25, -0.2) is 4.79 Å². The number of nitrogens with zero attached hydrogens (tertiary/aromatic N) is 1. The van der Waals surface area contributed by atoms with Gasteiger partial charge in [0.1, 0.15) is 5.56 Å². The zero-order chi connectivity index (χ0) is 15.4. The van der Waals surface area contributed by atoms with Crippen LogP contribution in [0.25, 0.3) is 10.9 Å². The number of halogens is 2. The van der Waals surface area contributed by atoms with Crippen LogP contribution in [0.5, 0.6) is 0 Å². The van der Waals surface area contributed by atoms with Crippen molar-refractivity contribution >= 4 is 50.1 Å². The molecule has 0 radical (unpaired) electrons. The molecular formula is C15H16BrClN2O2. The van der Waals surface area contributed by atoms with Crippen molar-refractivity contribution in [2.75, 3.05) is 18.5 Å². The van der Waals surface area contributed by atoms with Crippen molar-refractivity contribution < 1.29 is 9.53 Å². The minimum Gasteiger partial charge on any atom is -0.462 e. The number of nitrogens with one attached hydrogen (secondary N) is 1. The minimum absolute atomic E-state index is 0.328. The number of hydrogen-bond acceptors (Lipinski definition) is 4. The van der Waals surface area contributed by atoms with Gasteiger partial charge in [0.05, 0.1) is 27.3 Å². The van der Waals surface area contributed by atoms with Gasteiger partial charge in [0.25, 0.3) is 0 Å². The molecule has 4 nitrogen and oxygen atoms in total.